The summed E-state index contributed by atoms with van der Waals surface area (Å²) in [4.78, 5) is 12.3. The van der Waals surface area contributed by atoms with Gasteiger partial charge in [0.1, 0.15) is 5.82 Å². The number of carbonyl (C=O) groups is 1. The molecule has 1 aliphatic rings. The van der Waals surface area contributed by atoms with Crippen molar-refractivity contribution in [3.63, 3.8) is 0 Å². The zero-order valence-corrected chi connectivity index (χ0v) is 15.9. The fourth-order valence-corrected chi connectivity index (χ4v) is 3.36. The van der Waals surface area contributed by atoms with Gasteiger partial charge in [-0.25, -0.2) is 4.68 Å². The molecule has 2 heterocycles. The van der Waals surface area contributed by atoms with Crippen LogP contribution in [0.25, 0.3) is 0 Å². The van der Waals surface area contributed by atoms with Crippen molar-refractivity contribution >= 4 is 11.7 Å². The largest absolute Gasteiger partial charge is 0.493 e. The highest BCUT2D eigenvalue weighted by Crippen LogP contribution is 2.40. The molecule has 1 atom stereocenters. The minimum Gasteiger partial charge on any atom is -0.493 e. The lowest BCUT2D eigenvalue weighted by Crippen LogP contribution is -2.28. The second-order valence-corrected chi connectivity index (χ2v) is 6.41. The Kier molecular flexibility index (Phi) is 6.18. The second kappa shape index (κ2) is 8.77. The number of amides is 1. The molecule has 2 aromatic rings. The summed E-state index contributed by atoms with van der Waals surface area (Å²) in [5.74, 6) is 2.34. The van der Waals surface area contributed by atoms with E-state index in [1.807, 2.05) is 12.1 Å². The minimum atomic E-state index is -0.0181. The van der Waals surface area contributed by atoms with Gasteiger partial charge in [-0.1, -0.05) is 0 Å². The predicted molar refractivity (Wildman–Crippen MR) is 102 cm³/mol. The topological polar surface area (TPSA) is 86.6 Å². The normalized spacial score (nSPS) is 16.2. The molecule has 1 amide bonds. The van der Waals surface area contributed by atoms with E-state index in [0.29, 0.717) is 36.0 Å². The third-order valence-corrected chi connectivity index (χ3v) is 4.68. The maximum absolute atomic E-state index is 12.3. The van der Waals surface area contributed by atoms with Crippen LogP contribution in [0.15, 0.2) is 24.4 Å². The molecule has 0 spiro atoms. The lowest BCUT2D eigenvalue weighted by Gasteiger charge is -2.17. The molecular formula is C19H26N4O4. The minimum absolute atomic E-state index is 0.0181. The molecule has 2 N–H and O–H groups in total. The third kappa shape index (κ3) is 4.33. The van der Waals surface area contributed by atoms with Crippen LogP contribution < -0.4 is 24.8 Å². The number of anilines is 1. The van der Waals surface area contributed by atoms with Crippen LogP contribution in [-0.4, -0.2) is 49.6 Å². The van der Waals surface area contributed by atoms with Crippen LogP contribution in [0, 0.1) is 0 Å². The van der Waals surface area contributed by atoms with Crippen molar-refractivity contribution in [1.29, 1.82) is 0 Å². The highest BCUT2D eigenvalue weighted by Gasteiger charge is 2.20. The van der Waals surface area contributed by atoms with Crippen molar-refractivity contribution in [1.82, 2.24) is 15.1 Å². The fraction of sp³-hybridized carbons (Fsp3) is 0.474. The molecule has 8 nitrogen and oxygen atoms in total. The van der Waals surface area contributed by atoms with E-state index in [2.05, 4.69) is 15.7 Å². The average molecular weight is 374 g/mol. The molecule has 0 aliphatic carbocycles. The lowest BCUT2D eigenvalue weighted by atomic mass is 10.1. The van der Waals surface area contributed by atoms with E-state index in [4.69, 9.17) is 14.2 Å². The fourth-order valence-electron chi connectivity index (χ4n) is 3.36. The van der Waals surface area contributed by atoms with E-state index in [9.17, 15) is 4.79 Å². The molecule has 27 heavy (non-hydrogen) atoms. The number of nitrogens with one attached hydrogen (secondary N) is 2. The summed E-state index contributed by atoms with van der Waals surface area (Å²) in [6.45, 7) is 1.41. The maximum atomic E-state index is 12.3. The number of nitrogens with zero attached hydrogens (tertiary/aromatic N) is 2. The van der Waals surface area contributed by atoms with E-state index >= 15 is 0 Å². The molecule has 1 fully saturated rings. The first kappa shape index (κ1) is 19.0. The first-order valence-electron chi connectivity index (χ1n) is 8.99. The summed E-state index contributed by atoms with van der Waals surface area (Å²) >= 11 is 0. The summed E-state index contributed by atoms with van der Waals surface area (Å²) in [6.07, 6.45) is 4.28. The highest BCUT2D eigenvalue weighted by molar-refractivity contribution is 5.90. The van der Waals surface area contributed by atoms with Crippen LogP contribution in [0.3, 0.4) is 0 Å². The molecular weight excluding hydrogens is 348 g/mol. The van der Waals surface area contributed by atoms with Crippen molar-refractivity contribution in [2.45, 2.75) is 31.8 Å². The number of hydrogen-bond acceptors (Lipinski definition) is 6. The van der Waals surface area contributed by atoms with Crippen molar-refractivity contribution in [3.8, 4) is 17.2 Å². The van der Waals surface area contributed by atoms with Crippen LogP contribution in [-0.2, 0) is 11.3 Å². The molecule has 8 heteroatoms. The molecule has 146 valence electrons. The summed E-state index contributed by atoms with van der Waals surface area (Å²) < 4.78 is 18.0. The van der Waals surface area contributed by atoms with E-state index < -0.39 is 0 Å². The molecule has 1 saturated heterocycles. The zero-order valence-electron chi connectivity index (χ0n) is 15.9. The van der Waals surface area contributed by atoms with Crippen LogP contribution in [0.2, 0.25) is 0 Å². The molecule has 1 unspecified atom stereocenters. The molecule has 3 rings (SSSR count). The van der Waals surface area contributed by atoms with Crippen molar-refractivity contribution < 1.29 is 19.0 Å². The van der Waals surface area contributed by atoms with Gasteiger partial charge in [-0.05, 0) is 31.5 Å². The summed E-state index contributed by atoms with van der Waals surface area (Å²) in [7, 11) is 4.74. The smallest absolute Gasteiger partial charge is 0.227 e. The first-order chi connectivity index (χ1) is 13.2. The second-order valence-electron chi connectivity index (χ2n) is 6.41. The number of rotatable bonds is 8. The Morgan fingerprint density at radius 1 is 1.22 bits per heavy atom. The Morgan fingerprint density at radius 3 is 2.70 bits per heavy atom. The third-order valence-electron chi connectivity index (χ3n) is 4.68. The Hall–Kier alpha value is -2.74. The van der Waals surface area contributed by atoms with Gasteiger partial charge in [0.25, 0.3) is 0 Å². The molecule has 0 radical (unpaired) electrons. The van der Waals surface area contributed by atoms with Gasteiger partial charge in [-0.15, -0.1) is 0 Å². The van der Waals surface area contributed by atoms with Gasteiger partial charge in [0.2, 0.25) is 11.7 Å². The number of carbonyl (C=O) groups excluding carboxylic acids is 1. The monoisotopic (exact) mass is 374 g/mol. The zero-order chi connectivity index (χ0) is 19.2. The molecule has 1 aromatic carbocycles. The van der Waals surface area contributed by atoms with Gasteiger partial charge in [0.05, 0.1) is 34.1 Å². The van der Waals surface area contributed by atoms with Crippen molar-refractivity contribution in [3.05, 3.63) is 30.0 Å². The van der Waals surface area contributed by atoms with Gasteiger partial charge in [0.15, 0.2) is 11.5 Å². The van der Waals surface area contributed by atoms with Crippen molar-refractivity contribution in [2.75, 3.05) is 33.2 Å². The summed E-state index contributed by atoms with van der Waals surface area (Å²) in [5, 5.41) is 10.6. The van der Waals surface area contributed by atoms with E-state index in [0.717, 1.165) is 24.9 Å². The SMILES string of the molecule is COc1ccc(Cn2nccc2NC(=O)CC2CCCN2)c(OC)c1OC. The number of aromatic nitrogens is 2. The van der Waals surface area contributed by atoms with Gasteiger partial charge in [0, 0.05) is 24.1 Å². The maximum Gasteiger partial charge on any atom is 0.227 e. The van der Waals surface area contributed by atoms with E-state index in [-0.39, 0.29) is 11.9 Å². The standard InChI is InChI=1S/C19H26N4O4/c1-25-15-7-6-13(18(26-2)19(15)27-3)12-23-16(8-10-21-23)22-17(24)11-14-5-4-9-20-14/h6-8,10,14,20H,4-5,9,11-12H2,1-3H3,(H,22,24). The predicted octanol–water partition coefficient (Wildman–Crippen LogP) is 2.04. The Bertz CT molecular complexity index is 784. The number of benzene rings is 1. The molecule has 0 saturated carbocycles. The van der Waals surface area contributed by atoms with Gasteiger partial charge in [-0.2, -0.15) is 5.10 Å². The Balaban J connectivity index is 1.75. The summed E-state index contributed by atoms with van der Waals surface area (Å²) in [5.41, 5.74) is 0.867. The molecule has 1 aromatic heterocycles. The average Bonchev–Trinajstić information content (AvgIpc) is 3.33. The number of ether oxygens (including phenoxy) is 3. The van der Waals surface area contributed by atoms with Crippen LogP contribution in [0.4, 0.5) is 5.82 Å². The van der Waals surface area contributed by atoms with Crippen LogP contribution >= 0.6 is 0 Å². The van der Waals surface area contributed by atoms with E-state index in [1.165, 1.54) is 0 Å². The first-order valence-corrected chi connectivity index (χ1v) is 8.99. The lowest BCUT2D eigenvalue weighted by molar-refractivity contribution is -0.116. The van der Waals surface area contributed by atoms with Crippen LogP contribution in [0.1, 0.15) is 24.8 Å². The highest BCUT2D eigenvalue weighted by atomic mass is 16.5. The molecule has 1 aliphatic heterocycles. The summed E-state index contributed by atoms with van der Waals surface area (Å²) in [6, 6.07) is 5.76. The van der Waals surface area contributed by atoms with Crippen molar-refractivity contribution in [2.24, 2.45) is 0 Å². The quantitative estimate of drug-likeness (QED) is 0.735. The number of methoxy groups -OCH3 is 3. The van der Waals surface area contributed by atoms with Crippen LogP contribution in [0.5, 0.6) is 17.2 Å². The van der Waals surface area contributed by atoms with Gasteiger partial charge < -0.3 is 24.8 Å². The van der Waals surface area contributed by atoms with E-state index in [1.54, 1.807) is 38.3 Å². The molecule has 0 bridgehead atoms. The van der Waals surface area contributed by atoms with Gasteiger partial charge >= 0.3 is 0 Å². The Labute approximate surface area is 158 Å². The Morgan fingerprint density at radius 2 is 2.04 bits per heavy atom. The van der Waals surface area contributed by atoms with Gasteiger partial charge in [-0.3, -0.25) is 4.79 Å². The number of hydrogen-bond donors (Lipinski definition) is 2.